The summed E-state index contributed by atoms with van der Waals surface area (Å²) < 4.78 is 0. The fraction of sp³-hybridized carbons (Fsp3) is 0.200. The number of nitrogens with two attached hydrogens (primary N) is 1. The number of amides is 1. The third-order valence-corrected chi connectivity index (χ3v) is 2.81. The standard InChI is InChI=1S/C10H9Cl2NO3/c11-7-2-1-5(3-8(7)12)6(10(13)16)4-9(14)15/h1-3,6H,4H2,(H2,13,16)(H,14,15)/t6-/m1/s1. The first-order chi connectivity index (χ1) is 7.41. The van der Waals surface area contributed by atoms with Crippen molar-refractivity contribution in [2.45, 2.75) is 12.3 Å². The Morgan fingerprint density at radius 2 is 1.94 bits per heavy atom. The summed E-state index contributed by atoms with van der Waals surface area (Å²) in [6, 6.07) is 4.48. The molecular weight excluding hydrogens is 253 g/mol. The molecule has 0 unspecified atom stereocenters. The molecule has 0 aromatic heterocycles. The van der Waals surface area contributed by atoms with Gasteiger partial charge in [0.15, 0.2) is 0 Å². The zero-order valence-corrected chi connectivity index (χ0v) is 9.63. The number of carbonyl (C=O) groups excluding carboxylic acids is 1. The molecule has 0 bridgehead atoms. The molecule has 0 radical (unpaired) electrons. The monoisotopic (exact) mass is 261 g/mol. The average Bonchev–Trinajstić information content (AvgIpc) is 2.18. The first kappa shape index (κ1) is 12.8. The van der Waals surface area contributed by atoms with E-state index in [4.69, 9.17) is 34.0 Å². The number of rotatable bonds is 4. The van der Waals surface area contributed by atoms with Gasteiger partial charge in [-0.1, -0.05) is 29.3 Å². The van der Waals surface area contributed by atoms with Crippen LogP contribution in [0.4, 0.5) is 0 Å². The highest BCUT2D eigenvalue weighted by Crippen LogP contribution is 2.27. The van der Waals surface area contributed by atoms with Crippen LogP contribution in [0.15, 0.2) is 18.2 Å². The van der Waals surface area contributed by atoms with Crippen molar-refractivity contribution in [3.8, 4) is 0 Å². The van der Waals surface area contributed by atoms with Crippen LogP contribution in [0.2, 0.25) is 10.0 Å². The lowest BCUT2D eigenvalue weighted by Gasteiger charge is -2.11. The highest BCUT2D eigenvalue weighted by atomic mass is 35.5. The Kier molecular flexibility index (Phi) is 4.15. The molecule has 16 heavy (non-hydrogen) atoms. The van der Waals surface area contributed by atoms with Crippen LogP contribution in [0.25, 0.3) is 0 Å². The predicted molar refractivity (Wildman–Crippen MR) is 60.7 cm³/mol. The highest BCUT2D eigenvalue weighted by Gasteiger charge is 2.21. The molecule has 0 saturated heterocycles. The minimum absolute atomic E-state index is 0.260. The van der Waals surface area contributed by atoms with Gasteiger partial charge in [0, 0.05) is 0 Å². The van der Waals surface area contributed by atoms with Crippen LogP contribution in [0.5, 0.6) is 0 Å². The third-order valence-electron chi connectivity index (χ3n) is 2.07. The number of hydrogen-bond donors (Lipinski definition) is 2. The smallest absolute Gasteiger partial charge is 0.304 e. The molecule has 0 fully saturated rings. The number of primary amides is 1. The molecule has 0 spiro atoms. The SMILES string of the molecule is NC(=O)[C@H](CC(=O)O)c1ccc(Cl)c(Cl)c1. The van der Waals surface area contributed by atoms with Crippen LogP contribution in [-0.2, 0) is 9.59 Å². The summed E-state index contributed by atoms with van der Waals surface area (Å²) in [5.41, 5.74) is 5.58. The van der Waals surface area contributed by atoms with Crippen molar-refractivity contribution in [3.63, 3.8) is 0 Å². The molecule has 86 valence electrons. The first-order valence-electron chi connectivity index (χ1n) is 4.38. The molecule has 3 N–H and O–H groups in total. The van der Waals surface area contributed by atoms with Crippen molar-refractivity contribution in [1.82, 2.24) is 0 Å². The molecule has 1 aromatic rings. The summed E-state index contributed by atoms with van der Waals surface area (Å²) >= 11 is 11.5. The van der Waals surface area contributed by atoms with Gasteiger partial charge in [0.2, 0.25) is 5.91 Å². The van der Waals surface area contributed by atoms with E-state index in [9.17, 15) is 9.59 Å². The van der Waals surface area contributed by atoms with Gasteiger partial charge in [0.1, 0.15) is 0 Å². The van der Waals surface area contributed by atoms with Crippen LogP contribution in [0.1, 0.15) is 17.9 Å². The zero-order valence-electron chi connectivity index (χ0n) is 8.11. The van der Waals surface area contributed by atoms with E-state index in [0.29, 0.717) is 10.6 Å². The summed E-state index contributed by atoms with van der Waals surface area (Å²) in [4.78, 5) is 21.7. The van der Waals surface area contributed by atoms with E-state index in [0.717, 1.165) is 0 Å². The fourth-order valence-electron chi connectivity index (χ4n) is 1.29. The van der Waals surface area contributed by atoms with Gasteiger partial charge in [-0.2, -0.15) is 0 Å². The second-order valence-electron chi connectivity index (χ2n) is 3.23. The molecule has 0 aliphatic carbocycles. The van der Waals surface area contributed by atoms with E-state index in [2.05, 4.69) is 0 Å². The third kappa shape index (κ3) is 3.12. The van der Waals surface area contributed by atoms with Gasteiger partial charge in [-0.15, -0.1) is 0 Å². The molecule has 1 amide bonds. The average molecular weight is 262 g/mol. The maximum absolute atomic E-state index is 11.1. The zero-order chi connectivity index (χ0) is 12.3. The van der Waals surface area contributed by atoms with Crippen molar-refractivity contribution in [2.75, 3.05) is 0 Å². The Morgan fingerprint density at radius 3 is 2.38 bits per heavy atom. The summed E-state index contributed by atoms with van der Waals surface area (Å²) in [7, 11) is 0. The summed E-state index contributed by atoms with van der Waals surface area (Å²) in [6.45, 7) is 0. The Morgan fingerprint density at radius 1 is 1.31 bits per heavy atom. The molecule has 1 aromatic carbocycles. The molecule has 0 saturated carbocycles. The second-order valence-corrected chi connectivity index (χ2v) is 4.04. The Bertz CT molecular complexity index is 434. The van der Waals surface area contributed by atoms with Crippen molar-refractivity contribution in [3.05, 3.63) is 33.8 Å². The Labute approximate surface area is 102 Å². The van der Waals surface area contributed by atoms with Crippen molar-refractivity contribution in [1.29, 1.82) is 0 Å². The number of halogens is 2. The maximum atomic E-state index is 11.1. The minimum atomic E-state index is -1.10. The van der Waals surface area contributed by atoms with Crippen molar-refractivity contribution in [2.24, 2.45) is 5.73 Å². The van der Waals surface area contributed by atoms with E-state index in [1.54, 1.807) is 0 Å². The van der Waals surface area contributed by atoms with Crippen LogP contribution in [-0.4, -0.2) is 17.0 Å². The Hall–Kier alpha value is -1.26. The molecule has 4 nitrogen and oxygen atoms in total. The topological polar surface area (TPSA) is 80.4 Å². The lowest BCUT2D eigenvalue weighted by atomic mass is 9.95. The van der Waals surface area contributed by atoms with Gasteiger partial charge in [0.05, 0.1) is 22.4 Å². The maximum Gasteiger partial charge on any atom is 0.304 e. The molecule has 1 atom stereocenters. The molecule has 0 heterocycles. The van der Waals surface area contributed by atoms with Crippen molar-refractivity contribution >= 4 is 35.1 Å². The van der Waals surface area contributed by atoms with Gasteiger partial charge in [-0.05, 0) is 17.7 Å². The predicted octanol–water partition coefficient (Wildman–Crippen LogP) is 2.04. The number of aliphatic carboxylic acids is 1. The van der Waals surface area contributed by atoms with Gasteiger partial charge in [-0.3, -0.25) is 9.59 Å². The number of carboxylic acids is 1. The van der Waals surface area contributed by atoms with E-state index in [-0.39, 0.29) is 11.4 Å². The van der Waals surface area contributed by atoms with Crippen LogP contribution < -0.4 is 5.73 Å². The Balaban J connectivity index is 3.06. The lowest BCUT2D eigenvalue weighted by Crippen LogP contribution is -2.23. The number of hydrogen-bond acceptors (Lipinski definition) is 2. The minimum Gasteiger partial charge on any atom is -0.481 e. The van der Waals surface area contributed by atoms with E-state index < -0.39 is 17.8 Å². The first-order valence-corrected chi connectivity index (χ1v) is 5.13. The molecule has 0 aliphatic heterocycles. The summed E-state index contributed by atoms with van der Waals surface area (Å²) in [6.07, 6.45) is -0.368. The van der Waals surface area contributed by atoms with E-state index in [1.165, 1.54) is 18.2 Å². The van der Waals surface area contributed by atoms with Crippen LogP contribution in [0, 0.1) is 0 Å². The number of benzene rings is 1. The fourth-order valence-corrected chi connectivity index (χ4v) is 1.59. The largest absolute Gasteiger partial charge is 0.481 e. The van der Waals surface area contributed by atoms with Crippen LogP contribution in [0.3, 0.4) is 0 Å². The lowest BCUT2D eigenvalue weighted by molar-refractivity contribution is -0.139. The second kappa shape index (κ2) is 5.18. The van der Waals surface area contributed by atoms with E-state index in [1.807, 2.05) is 0 Å². The van der Waals surface area contributed by atoms with Crippen LogP contribution >= 0.6 is 23.2 Å². The molecule has 1 rings (SSSR count). The molecular formula is C10H9Cl2NO3. The van der Waals surface area contributed by atoms with Gasteiger partial charge in [0.25, 0.3) is 0 Å². The normalized spacial score (nSPS) is 12.1. The van der Waals surface area contributed by atoms with Gasteiger partial charge in [-0.25, -0.2) is 0 Å². The van der Waals surface area contributed by atoms with Crippen molar-refractivity contribution < 1.29 is 14.7 Å². The van der Waals surface area contributed by atoms with Gasteiger partial charge >= 0.3 is 5.97 Å². The molecule has 0 aliphatic rings. The number of carboxylic acid groups (broad SMARTS) is 1. The summed E-state index contributed by atoms with van der Waals surface area (Å²) in [5.74, 6) is -2.71. The van der Waals surface area contributed by atoms with E-state index >= 15 is 0 Å². The quantitative estimate of drug-likeness (QED) is 0.871. The number of carbonyl (C=O) groups is 2. The molecule has 6 heteroatoms. The summed E-state index contributed by atoms with van der Waals surface area (Å²) in [5, 5.41) is 9.25. The van der Waals surface area contributed by atoms with Gasteiger partial charge < -0.3 is 10.8 Å². The highest BCUT2D eigenvalue weighted by molar-refractivity contribution is 6.42.